The maximum absolute atomic E-state index is 12.8. The van der Waals surface area contributed by atoms with Crippen molar-refractivity contribution >= 4 is 17.2 Å². The van der Waals surface area contributed by atoms with E-state index in [0.717, 1.165) is 47.9 Å². The zero-order chi connectivity index (χ0) is 20.7. The van der Waals surface area contributed by atoms with Crippen LogP contribution in [-0.2, 0) is 16.8 Å². The van der Waals surface area contributed by atoms with E-state index in [0.29, 0.717) is 18.8 Å². The Balaban J connectivity index is 1.37. The van der Waals surface area contributed by atoms with E-state index in [1.165, 1.54) is 10.4 Å². The molecule has 30 heavy (non-hydrogen) atoms. The zero-order valence-electron chi connectivity index (χ0n) is 17.1. The Morgan fingerprint density at radius 1 is 1.30 bits per heavy atom. The molecule has 1 saturated heterocycles. The number of likely N-dealkylation sites (tertiary alicyclic amines) is 1. The van der Waals surface area contributed by atoms with Crippen LogP contribution in [0.2, 0.25) is 0 Å². The smallest absolute Gasteiger partial charge is 0.274 e. The number of piperidine rings is 1. The molecule has 0 aromatic carbocycles. The molecule has 1 spiro atoms. The lowest BCUT2D eigenvalue weighted by atomic mass is 9.82. The third-order valence-electron chi connectivity index (χ3n) is 6.02. The number of fused-ring (bicyclic) bond motifs is 2. The van der Waals surface area contributed by atoms with E-state index < -0.39 is 0 Å². The van der Waals surface area contributed by atoms with Gasteiger partial charge in [-0.3, -0.25) is 14.9 Å². The molecule has 3 aromatic rings. The van der Waals surface area contributed by atoms with Crippen molar-refractivity contribution in [1.82, 2.24) is 20.1 Å². The predicted octanol–water partition coefficient (Wildman–Crippen LogP) is 3.55. The molecule has 156 valence electrons. The van der Waals surface area contributed by atoms with Crippen molar-refractivity contribution in [2.24, 2.45) is 0 Å². The molecule has 2 aliphatic heterocycles. The molecule has 7 nitrogen and oxygen atoms in total. The minimum absolute atomic E-state index is 0.0151. The summed E-state index contributed by atoms with van der Waals surface area (Å²) in [5.41, 5.74) is 3.29. The summed E-state index contributed by atoms with van der Waals surface area (Å²) in [6.45, 7) is 3.94. The minimum Gasteiger partial charge on any atom is -0.495 e. The van der Waals surface area contributed by atoms with Crippen LogP contribution in [0.25, 0.3) is 10.6 Å². The second-order valence-corrected chi connectivity index (χ2v) is 8.99. The quantitative estimate of drug-likeness (QED) is 0.695. The van der Waals surface area contributed by atoms with E-state index >= 15 is 0 Å². The summed E-state index contributed by atoms with van der Waals surface area (Å²) < 4.78 is 11.6. The Hall–Kier alpha value is -2.71. The van der Waals surface area contributed by atoms with Gasteiger partial charge in [-0.15, -0.1) is 11.3 Å². The summed E-state index contributed by atoms with van der Waals surface area (Å²) in [6, 6.07) is 7.97. The molecule has 5 heterocycles. The van der Waals surface area contributed by atoms with Gasteiger partial charge in [0.1, 0.15) is 11.4 Å². The van der Waals surface area contributed by atoms with E-state index in [1.54, 1.807) is 30.7 Å². The fraction of sp³-hybridized carbons (Fsp3) is 0.409. The lowest BCUT2D eigenvalue weighted by Crippen LogP contribution is -2.48. The van der Waals surface area contributed by atoms with Crippen LogP contribution in [0.3, 0.4) is 0 Å². The number of carbonyl (C=O) groups is 1. The van der Waals surface area contributed by atoms with Crippen LogP contribution in [0.15, 0.2) is 30.5 Å². The summed E-state index contributed by atoms with van der Waals surface area (Å²) in [4.78, 5) is 21.7. The second kappa shape index (κ2) is 7.52. The van der Waals surface area contributed by atoms with Crippen molar-refractivity contribution in [2.75, 3.05) is 26.8 Å². The summed E-state index contributed by atoms with van der Waals surface area (Å²) >= 11 is 1.80. The van der Waals surface area contributed by atoms with Gasteiger partial charge in [0.05, 0.1) is 36.1 Å². The fourth-order valence-corrected chi connectivity index (χ4v) is 5.57. The first-order valence-electron chi connectivity index (χ1n) is 10.2. The largest absolute Gasteiger partial charge is 0.495 e. The molecule has 2 aliphatic rings. The van der Waals surface area contributed by atoms with Crippen LogP contribution in [0.1, 0.15) is 39.5 Å². The number of rotatable bonds is 3. The monoisotopic (exact) mass is 424 g/mol. The van der Waals surface area contributed by atoms with Crippen molar-refractivity contribution in [1.29, 1.82) is 0 Å². The van der Waals surface area contributed by atoms with Crippen LogP contribution in [-0.4, -0.2) is 52.8 Å². The van der Waals surface area contributed by atoms with Gasteiger partial charge < -0.3 is 14.4 Å². The highest BCUT2D eigenvalue weighted by atomic mass is 32.1. The topological polar surface area (TPSA) is 80.3 Å². The van der Waals surface area contributed by atoms with Crippen molar-refractivity contribution in [2.45, 2.75) is 31.8 Å². The standard InChI is InChI=1S/C22H24N4O3S/c1-14-11-18(25-24-14)21(27)26-8-6-22(7-9-26)16-12-20(30-19(16)5-10-29-22)17-4-3-15(28-2)13-23-17/h3-4,11-13H,5-10H2,1-2H3,(H,24,25). The van der Waals surface area contributed by atoms with Gasteiger partial charge in [0.2, 0.25) is 0 Å². The van der Waals surface area contributed by atoms with Gasteiger partial charge in [-0.1, -0.05) is 0 Å². The number of aryl methyl sites for hydroxylation is 1. The maximum Gasteiger partial charge on any atom is 0.274 e. The first-order valence-corrected chi connectivity index (χ1v) is 11.0. The lowest BCUT2D eigenvalue weighted by Gasteiger charge is -2.43. The molecule has 3 aromatic heterocycles. The molecule has 5 rings (SSSR count). The summed E-state index contributed by atoms with van der Waals surface area (Å²) in [6.07, 6.45) is 4.26. The van der Waals surface area contributed by atoms with E-state index in [1.807, 2.05) is 24.0 Å². The van der Waals surface area contributed by atoms with Crippen LogP contribution in [0.5, 0.6) is 5.75 Å². The van der Waals surface area contributed by atoms with Gasteiger partial charge >= 0.3 is 0 Å². The number of nitrogens with one attached hydrogen (secondary N) is 1. The molecule has 1 fully saturated rings. The molecule has 1 amide bonds. The molecular weight excluding hydrogens is 400 g/mol. The Bertz CT molecular complexity index is 1060. The molecule has 0 radical (unpaired) electrons. The van der Waals surface area contributed by atoms with Crippen molar-refractivity contribution in [3.8, 4) is 16.3 Å². The second-order valence-electron chi connectivity index (χ2n) is 7.85. The van der Waals surface area contributed by atoms with E-state index in [-0.39, 0.29) is 11.5 Å². The Morgan fingerprint density at radius 3 is 2.80 bits per heavy atom. The van der Waals surface area contributed by atoms with Gasteiger partial charge in [-0.25, -0.2) is 0 Å². The van der Waals surface area contributed by atoms with Crippen LogP contribution >= 0.6 is 11.3 Å². The number of thiophene rings is 1. The van der Waals surface area contributed by atoms with Gasteiger partial charge in [0.25, 0.3) is 5.91 Å². The van der Waals surface area contributed by atoms with Crippen molar-refractivity contribution in [3.05, 3.63) is 52.3 Å². The highest BCUT2D eigenvalue weighted by Crippen LogP contribution is 2.46. The molecule has 0 unspecified atom stereocenters. The van der Waals surface area contributed by atoms with Crippen molar-refractivity contribution in [3.63, 3.8) is 0 Å². The van der Waals surface area contributed by atoms with Crippen LogP contribution in [0, 0.1) is 6.92 Å². The predicted molar refractivity (Wildman–Crippen MR) is 114 cm³/mol. The number of methoxy groups -OCH3 is 1. The average molecular weight is 425 g/mol. The number of ether oxygens (including phenoxy) is 2. The molecule has 0 atom stereocenters. The van der Waals surface area contributed by atoms with Gasteiger partial charge in [-0.2, -0.15) is 5.10 Å². The number of aromatic nitrogens is 3. The number of carbonyl (C=O) groups excluding carboxylic acids is 1. The Kier molecular flexibility index (Phi) is 4.83. The zero-order valence-corrected chi connectivity index (χ0v) is 17.9. The number of hydrogen-bond acceptors (Lipinski definition) is 6. The highest BCUT2D eigenvalue weighted by molar-refractivity contribution is 7.15. The molecule has 0 aliphatic carbocycles. The highest BCUT2D eigenvalue weighted by Gasteiger charge is 2.43. The van der Waals surface area contributed by atoms with Gasteiger partial charge in [0.15, 0.2) is 0 Å². The molecular formula is C22H24N4O3S. The normalized spacial score (nSPS) is 17.7. The number of aromatic amines is 1. The summed E-state index contributed by atoms with van der Waals surface area (Å²) in [5, 5.41) is 6.97. The third-order valence-corrected chi connectivity index (χ3v) is 7.23. The Labute approximate surface area is 179 Å². The number of pyridine rings is 1. The molecule has 0 bridgehead atoms. The molecule has 0 saturated carbocycles. The summed E-state index contributed by atoms with van der Waals surface area (Å²) in [7, 11) is 1.64. The van der Waals surface area contributed by atoms with E-state index in [2.05, 4.69) is 21.2 Å². The van der Waals surface area contributed by atoms with Crippen LogP contribution < -0.4 is 4.74 Å². The lowest BCUT2D eigenvalue weighted by molar-refractivity contribution is -0.0926. The first kappa shape index (κ1) is 19.3. The fourth-order valence-electron chi connectivity index (χ4n) is 4.36. The van der Waals surface area contributed by atoms with E-state index in [9.17, 15) is 4.79 Å². The molecule has 8 heteroatoms. The number of amides is 1. The molecule has 1 N–H and O–H groups in total. The van der Waals surface area contributed by atoms with Crippen molar-refractivity contribution < 1.29 is 14.3 Å². The van der Waals surface area contributed by atoms with E-state index in [4.69, 9.17) is 9.47 Å². The minimum atomic E-state index is -0.312. The number of nitrogens with zero attached hydrogens (tertiary/aromatic N) is 3. The van der Waals surface area contributed by atoms with Crippen LogP contribution in [0.4, 0.5) is 0 Å². The summed E-state index contributed by atoms with van der Waals surface area (Å²) in [5.74, 6) is 0.739. The Morgan fingerprint density at radius 2 is 2.13 bits per heavy atom. The first-order chi connectivity index (χ1) is 14.6. The third kappa shape index (κ3) is 3.30. The average Bonchev–Trinajstić information content (AvgIpc) is 3.41. The maximum atomic E-state index is 12.8. The number of H-pyrrole nitrogens is 1. The number of hydrogen-bond donors (Lipinski definition) is 1. The van der Waals surface area contributed by atoms with Gasteiger partial charge in [-0.05, 0) is 49.6 Å². The van der Waals surface area contributed by atoms with Gasteiger partial charge in [0, 0.05) is 30.1 Å². The SMILES string of the molecule is COc1ccc(-c2cc3c(s2)CCOC32CCN(C(=O)c3cc(C)[nH]n3)CC2)nc1.